The van der Waals surface area contributed by atoms with Crippen LogP contribution < -0.4 is 5.56 Å². The highest BCUT2D eigenvalue weighted by molar-refractivity contribution is 6.30. The Labute approximate surface area is 161 Å². The van der Waals surface area contributed by atoms with Gasteiger partial charge in [-0.05, 0) is 41.5 Å². The number of halogens is 1. The van der Waals surface area contributed by atoms with Crippen molar-refractivity contribution in [1.82, 2.24) is 14.8 Å². The van der Waals surface area contributed by atoms with Gasteiger partial charge in [0.05, 0.1) is 17.8 Å². The summed E-state index contributed by atoms with van der Waals surface area (Å²) in [6.45, 7) is 0.371. The van der Waals surface area contributed by atoms with E-state index in [2.05, 4.69) is 10.1 Å². The molecule has 0 aliphatic heterocycles. The highest BCUT2D eigenvalue weighted by Crippen LogP contribution is 2.24. The number of pyridine rings is 1. The molecular formula is C22H16ClN3O. The highest BCUT2D eigenvalue weighted by Gasteiger charge is 2.12. The van der Waals surface area contributed by atoms with Crippen LogP contribution in [-0.2, 0) is 6.54 Å². The average molecular weight is 374 g/mol. The van der Waals surface area contributed by atoms with E-state index in [0.717, 1.165) is 22.4 Å². The lowest BCUT2D eigenvalue weighted by atomic mass is 10.0. The Bertz CT molecular complexity index is 1130. The Morgan fingerprint density at radius 2 is 1.59 bits per heavy atom. The number of rotatable bonds is 4. The van der Waals surface area contributed by atoms with E-state index in [1.54, 1.807) is 24.5 Å². The highest BCUT2D eigenvalue weighted by atomic mass is 35.5. The first-order chi connectivity index (χ1) is 13.2. The molecule has 0 saturated heterocycles. The van der Waals surface area contributed by atoms with Crippen LogP contribution in [0, 0.1) is 0 Å². The van der Waals surface area contributed by atoms with Crippen molar-refractivity contribution in [3.05, 3.63) is 106 Å². The fourth-order valence-corrected chi connectivity index (χ4v) is 3.11. The standard InChI is InChI=1S/C22H16ClN3O/c23-19-8-4-7-18(13-19)20-14-21(17-5-2-1-3-6-17)25-26(22(20)27)15-16-9-11-24-12-10-16/h1-14H,15H2. The molecule has 0 aliphatic carbocycles. The molecule has 27 heavy (non-hydrogen) atoms. The predicted octanol–water partition coefficient (Wildman–Crippen LogP) is 4.67. The molecule has 0 spiro atoms. The molecule has 0 unspecified atom stereocenters. The van der Waals surface area contributed by atoms with Gasteiger partial charge in [0.15, 0.2) is 0 Å². The molecule has 0 radical (unpaired) electrons. The summed E-state index contributed by atoms with van der Waals surface area (Å²) in [6, 6.07) is 22.7. The molecule has 2 heterocycles. The van der Waals surface area contributed by atoms with Crippen molar-refractivity contribution in [2.75, 3.05) is 0 Å². The quantitative estimate of drug-likeness (QED) is 0.522. The van der Waals surface area contributed by atoms with Crippen molar-refractivity contribution < 1.29 is 0 Å². The van der Waals surface area contributed by atoms with Crippen LogP contribution in [0.1, 0.15) is 5.56 Å². The molecule has 2 aromatic heterocycles. The number of aromatic nitrogens is 3. The first kappa shape index (κ1) is 17.2. The van der Waals surface area contributed by atoms with Gasteiger partial charge in [-0.25, -0.2) is 4.68 Å². The minimum atomic E-state index is -0.159. The smallest absolute Gasteiger partial charge is 0.267 e. The van der Waals surface area contributed by atoms with E-state index in [1.807, 2.05) is 60.7 Å². The predicted molar refractivity (Wildman–Crippen MR) is 108 cm³/mol. The zero-order chi connectivity index (χ0) is 18.6. The fourth-order valence-electron chi connectivity index (χ4n) is 2.92. The maximum absolute atomic E-state index is 13.1. The van der Waals surface area contributed by atoms with Gasteiger partial charge in [-0.2, -0.15) is 5.10 Å². The lowest BCUT2D eigenvalue weighted by Crippen LogP contribution is -2.25. The summed E-state index contributed by atoms with van der Waals surface area (Å²) in [6.07, 6.45) is 3.42. The van der Waals surface area contributed by atoms with Crippen molar-refractivity contribution in [1.29, 1.82) is 0 Å². The molecule has 0 N–H and O–H groups in total. The Morgan fingerprint density at radius 3 is 2.33 bits per heavy atom. The van der Waals surface area contributed by atoms with Crippen molar-refractivity contribution >= 4 is 11.6 Å². The van der Waals surface area contributed by atoms with Crippen LogP contribution in [0.5, 0.6) is 0 Å². The summed E-state index contributed by atoms with van der Waals surface area (Å²) in [5.74, 6) is 0. The van der Waals surface area contributed by atoms with Crippen LogP contribution in [0.3, 0.4) is 0 Å². The number of hydrogen-bond donors (Lipinski definition) is 0. The molecule has 0 fully saturated rings. The molecule has 4 aromatic rings. The lowest BCUT2D eigenvalue weighted by Gasteiger charge is -2.11. The third kappa shape index (κ3) is 3.81. The zero-order valence-electron chi connectivity index (χ0n) is 14.4. The Morgan fingerprint density at radius 1 is 0.852 bits per heavy atom. The summed E-state index contributed by atoms with van der Waals surface area (Å²) in [5, 5.41) is 5.19. The van der Waals surface area contributed by atoms with Crippen molar-refractivity contribution in [3.63, 3.8) is 0 Å². The Balaban J connectivity index is 1.90. The van der Waals surface area contributed by atoms with Crippen molar-refractivity contribution in [3.8, 4) is 22.4 Å². The minimum absolute atomic E-state index is 0.159. The monoisotopic (exact) mass is 373 g/mol. The first-order valence-electron chi connectivity index (χ1n) is 8.53. The van der Waals surface area contributed by atoms with Gasteiger partial charge >= 0.3 is 0 Å². The molecule has 0 saturated carbocycles. The summed E-state index contributed by atoms with van der Waals surface area (Å²) >= 11 is 6.14. The number of nitrogens with zero attached hydrogens (tertiary/aromatic N) is 3. The normalized spacial score (nSPS) is 10.7. The molecule has 0 atom stereocenters. The average Bonchev–Trinajstić information content (AvgIpc) is 2.71. The van der Waals surface area contributed by atoms with Gasteiger partial charge in [-0.3, -0.25) is 9.78 Å². The van der Waals surface area contributed by atoms with Gasteiger partial charge in [0.2, 0.25) is 0 Å². The second-order valence-electron chi connectivity index (χ2n) is 6.14. The fraction of sp³-hybridized carbons (Fsp3) is 0.0455. The summed E-state index contributed by atoms with van der Waals surface area (Å²) in [5.41, 5.74) is 3.83. The maximum atomic E-state index is 13.1. The van der Waals surface area contributed by atoms with Crippen LogP contribution in [0.2, 0.25) is 5.02 Å². The van der Waals surface area contributed by atoms with Gasteiger partial charge in [0, 0.05) is 23.0 Å². The third-order valence-electron chi connectivity index (χ3n) is 4.26. The molecule has 0 bridgehead atoms. The molecule has 0 aliphatic rings. The third-order valence-corrected chi connectivity index (χ3v) is 4.50. The van der Waals surface area contributed by atoms with Gasteiger partial charge in [-0.1, -0.05) is 54.1 Å². The van der Waals surface area contributed by atoms with Gasteiger partial charge in [0.1, 0.15) is 0 Å². The second kappa shape index (κ2) is 7.56. The zero-order valence-corrected chi connectivity index (χ0v) is 15.2. The lowest BCUT2D eigenvalue weighted by molar-refractivity contribution is 0.644. The molecule has 132 valence electrons. The van der Waals surface area contributed by atoms with Crippen molar-refractivity contribution in [2.45, 2.75) is 6.54 Å². The van der Waals surface area contributed by atoms with E-state index in [9.17, 15) is 4.79 Å². The van der Waals surface area contributed by atoms with Crippen LogP contribution in [0.25, 0.3) is 22.4 Å². The first-order valence-corrected chi connectivity index (χ1v) is 8.91. The summed E-state index contributed by atoms with van der Waals surface area (Å²) < 4.78 is 1.49. The summed E-state index contributed by atoms with van der Waals surface area (Å²) in [7, 11) is 0. The van der Waals surface area contributed by atoms with E-state index in [-0.39, 0.29) is 5.56 Å². The number of hydrogen-bond acceptors (Lipinski definition) is 3. The largest absolute Gasteiger partial charge is 0.274 e. The number of benzene rings is 2. The van der Waals surface area contributed by atoms with E-state index in [4.69, 9.17) is 11.6 Å². The Hall–Kier alpha value is -3.24. The second-order valence-corrected chi connectivity index (χ2v) is 6.57. The van der Waals surface area contributed by atoms with Gasteiger partial charge < -0.3 is 0 Å². The topological polar surface area (TPSA) is 47.8 Å². The SMILES string of the molecule is O=c1c(-c2cccc(Cl)c2)cc(-c2ccccc2)nn1Cc1ccncc1. The van der Waals surface area contributed by atoms with E-state index < -0.39 is 0 Å². The molecule has 4 rings (SSSR count). The van der Waals surface area contributed by atoms with Crippen LogP contribution >= 0.6 is 11.6 Å². The minimum Gasteiger partial charge on any atom is -0.267 e. The van der Waals surface area contributed by atoms with Gasteiger partial charge in [-0.15, -0.1) is 0 Å². The molecule has 5 heteroatoms. The summed E-state index contributed by atoms with van der Waals surface area (Å²) in [4.78, 5) is 17.1. The van der Waals surface area contributed by atoms with E-state index in [0.29, 0.717) is 17.1 Å². The van der Waals surface area contributed by atoms with E-state index in [1.165, 1.54) is 4.68 Å². The van der Waals surface area contributed by atoms with Crippen LogP contribution in [-0.4, -0.2) is 14.8 Å². The Kier molecular flexibility index (Phi) is 4.81. The van der Waals surface area contributed by atoms with Crippen LogP contribution in [0.15, 0.2) is 90.0 Å². The molecular weight excluding hydrogens is 358 g/mol. The molecule has 4 nitrogen and oxygen atoms in total. The molecule has 2 aromatic carbocycles. The van der Waals surface area contributed by atoms with Crippen molar-refractivity contribution in [2.24, 2.45) is 0 Å². The molecule has 0 amide bonds. The van der Waals surface area contributed by atoms with Crippen LogP contribution in [0.4, 0.5) is 0 Å². The maximum Gasteiger partial charge on any atom is 0.274 e. The van der Waals surface area contributed by atoms with E-state index >= 15 is 0 Å². The van der Waals surface area contributed by atoms with Gasteiger partial charge in [0.25, 0.3) is 5.56 Å².